The van der Waals surface area contributed by atoms with Crippen LogP contribution in [0.5, 0.6) is 11.5 Å². The number of aromatic nitrogens is 1. The Morgan fingerprint density at radius 1 is 1.26 bits per heavy atom. The molecule has 4 heteroatoms. The third-order valence-corrected chi connectivity index (χ3v) is 4.25. The molecule has 1 heterocycles. The van der Waals surface area contributed by atoms with Crippen LogP contribution in [0.2, 0.25) is 0 Å². The number of fused-ring (bicyclic) bond motifs is 1. The van der Waals surface area contributed by atoms with Gasteiger partial charge in [-0.2, -0.15) is 0 Å². The molecule has 0 bridgehead atoms. The van der Waals surface area contributed by atoms with Gasteiger partial charge in [-0.1, -0.05) is 30.3 Å². The number of phenols is 1. The van der Waals surface area contributed by atoms with Gasteiger partial charge in [-0.25, -0.2) is 0 Å². The van der Waals surface area contributed by atoms with E-state index < -0.39 is 0 Å². The van der Waals surface area contributed by atoms with Gasteiger partial charge in [-0.05, 0) is 31.0 Å². The number of aromatic hydroxyl groups is 1. The smallest absolute Gasteiger partial charge is 0.182 e. The first kappa shape index (κ1) is 15.2. The number of hydrogen-bond donors (Lipinski definition) is 1. The Hall–Kier alpha value is -2.75. The Morgan fingerprint density at radius 2 is 1.96 bits per heavy atom. The Balaban J connectivity index is 2.51. The number of carbonyl (C=O) groups excluding carboxylic acids is 1. The Morgan fingerprint density at radius 3 is 2.52 bits per heavy atom. The number of carbonyl (C=O) groups is 1. The maximum atomic E-state index is 11.6. The highest BCUT2D eigenvalue weighted by Gasteiger charge is 2.22. The normalized spacial score (nSPS) is 10.9. The Kier molecular flexibility index (Phi) is 3.82. The van der Waals surface area contributed by atoms with Crippen LogP contribution < -0.4 is 4.74 Å². The number of rotatable bonds is 4. The maximum Gasteiger partial charge on any atom is 0.182 e. The number of benzene rings is 2. The highest BCUT2D eigenvalue weighted by Crippen LogP contribution is 2.43. The lowest BCUT2D eigenvalue weighted by Gasteiger charge is -2.11. The van der Waals surface area contributed by atoms with Crippen molar-refractivity contribution in [1.29, 1.82) is 0 Å². The van der Waals surface area contributed by atoms with Gasteiger partial charge < -0.3 is 14.4 Å². The van der Waals surface area contributed by atoms with Gasteiger partial charge in [0.05, 0.1) is 18.3 Å². The van der Waals surface area contributed by atoms with Gasteiger partial charge in [0, 0.05) is 17.5 Å². The van der Waals surface area contributed by atoms with Crippen molar-refractivity contribution in [1.82, 2.24) is 4.57 Å². The van der Waals surface area contributed by atoms with Crippen molar-refractivity contribution in [3.05, 3.63) is 47.5 Å². The van der Waals surface area contributed by atoms with Crippen LogP contribution in [-0.2, 0) is 6.54 Å². The zero-order chi connectivity index (χ0) is 16.6. The summed E-state index contributed by atoms with van der Waals surface area (Å²) in [5.41, 5.74) is 4.21. The molecule has 1 N–H and O–H groups in total. The second kappa shape index (κ2) is 5.80. The van der Waals surface area contributed by atoms with Crippen molar-refractivity contribution in [2.75, 3.05) is 7.11 Å². The third kappa shape index (κ3) is 2.18. The summed E-state index contributed by atoms with van der Waals surface area (Å²) in [7, 11) is 1.49. The number of aldehydes is 1. The standard InChI is InChI=1S/C19H19NO3/c1-4-20-17(13-8-6-5-7-9-13)12(2)16-14(11-21)10-15(23-3)19(22)18(16)20/h5-11,22H,4H2,1-3H3. The minimum atomic E-state index is 0.0697. The van der Waals surface area contributed by atoms with Crippen LogP contribution in [0, 0.1) is 6.92 Å². The number of phenolic OH excluding ortho intramolecular Hbond substituents is 1. The van der Waals surface area contributed by atoms with E-state index in [0.717, 1.165) is 28.5 Å². The predicted octanol–water partition coefficient (Wildman–Crippen LogP) is 4.16. The van der Waals surface area contributed by atoms with E-state index in [4.69, 9.17) is 4.74 Å². The van der Waals surface area contributed by atoms with Crippen LogP contribution in [0.4, 0.5) is 0 Å². The Labute approximate surface area is 134 Å². The second-order valence-electron chi connectivity index (χ2n) is 5.44. The fourth-order valence-corrected chi connectivity index (χ4v) is 3.28. The molecule has 0 aliphatic carbocycles. The molecule has 2 aromatic carbocycles. The van der Waals surface area contributed by atoms with Gasteiger partial charge in [0.15, 0.2) is 17.8 Å². The van der Waals surface area contributed by atoms with Gasteiger partial charge >= 0.3 is 0 Å². The van der Waals surface area contributed by atoms with Crippen LogP contribution in [0.3, 0.4) is 0 Å². The van der Waals surface area contributed by atoms with E-state index in [1.165, 1.54) is 7.11 Å². The van der Waals surface area contributed by atoms with E-state index in [-0.39, 0.29) is 5.75 Å². The predicted molar refractivity (Wildman–Crippen MR) is 91.4 cm³/mol. The first-order chi connectivity index (χ1) is 11.1. The topological polar surface area (TPSA) is 51.5 Å². The molecule has 0 saturated carbocycles. The van der Waals surface area contributed by atoms with Crippen molar-refractivity contribution < 1.29 is 14.6 Å². The van der Waals surface area contributed by atoms with Crippen molar-refractivity contribution in [3.8, 4) is 22.8 Å². The monoisotopic (exact) mass is 309 g/mol. The average molecular weight is 309 g/mol. The molecule has 3 aromatic rings. The summed E-state index contributed by atoms with van der Waals surface area (Å²) >= 11 is 0. The number of methoxy groups -OCH3 is 1. The van der Waals surface area contributed by atoms with Crippen LogP contribution >= 0.6 is 0 Å². The van der Waals surface area contributed by atoms with Crippen molar-refractivity contribution in [2.24, 2.45) is 0 Å². The zero-order valence-corrected chi connectivity index (χ0v) is 13.5. The second-order valence-corrected chi connectivity index (χ2v) is 5.44. The molecule has 118 valence electrons. The highest BCUT2D eigenvalue weighted by atomic mass is 16.5. The summed E-state index contributed by atoms with van der Waals surface area (Å²) in [5, 5.41) is 11.4. The quantitative estimate of drug-likeness (QED) is 0.736. The number of aryl methyl sites for hydroxylation is 2. The summed E-state index contributed by atoms with van der Waals surface area (Å²) in [6, 6.07) is 11.6. The molecule has 0 unspecified atom stereocenters. The lowest BCUT2D eigenvalue weighted by Crippen LogP contribution is -1.98. The first-order valence-corrected chi connectivity index (χ1v) is 7.57. The van der Waals surface area contributed by atoms with Gasteiger partial charge in [-0.3, -0.25) is 4.79 Å². The molecule has 0 atom stereocenters. The largest absolute Gasteiger partial charge is 0.503 e. The fourth-order valence-electron chi connectivity index (χ4n) is 3.28. The van der Waals surface area contributed by atoms with E-state index in [0.29, 0.717) is 23.4 Å². The van der Waals surface area contributed by atoms with E-state index in [1.807, 2.05) is 48.7 Å². The van der Waals surface area contributed by atoms with Crippen LogP contribution in [0.15, 0.2) is 36.4 Å². The molecule has 4 nitrogen and oxygen atoms in total. The summed E-state index contributed by atoms with van der Waals surface area (Å²) in [4.78, 5) is 11.6. The van der Waals surface area contributed by atoms with Crippen molar-refractivity contribution in [2.45, 2.75) is 20.4 Å². The molecule has 0 spiro atoms. The van der Waals surface area contributed by atoms with Crippen molar-refractivity contribution in [3.63, 3.8) is 0 Å². The Bertz CT molecular complexity index is 879. The summed E-state index contributed by atoms with van der Waals surface area (Å²) in [5.74, 6) is 0.381. The average Bonchev–Trinajstić information content (AvgIpc) is 2.89. The molecule has 0 saturated heterocycles. The minimum Gasteiger partial charge on any atom is -0.503 e. The minimum absolute atomic E-state index is 0.0697. The zero-order valence-electron chi connectivity index (χ0n) is 13.5. The molecular formula is C19H19NO3. The SMILES string of the molecule is CCn1c(-c2ccccc2)c(C)c2c(C=O)cc(OC)c(O)c21. The molecule has 1 aromatic heterocycles. The lowest BCUT2D eigenvalue weighted by molar-refractivity contribution is 0.112. The molecule has 0 aliphatic rings. The molecular weight excluding hydrogens is 290 g/mol. The van der Waals surface area contributed by atoms with Gasteiger partial charge in [-0.15, -0.1) is 0 Å². The number of ether oxygens (including phenoxy) is 1. The van der Waals surface area contributed by atoms with E-state index in [1.54, 1.807) is 6.07 Å². The highest BCUT2D eigenvalue weighted by molar-refractivity contribution is 6.06. The summed E-state index contributed by atoms with van der Waals surface area (Å²) in [6.07, 6.45) is 0.812. The van der Waals surface area contributed by atoms with Crippen LogP contribution in [0.25, 0.3) is 22.2 Å². The molecule has 23 heavy (non-hydrogen) atoms. The first-order valence-electron chi connectivity index (χ1n) is 7.57. The van der Waals surface area contributed by atoms with Gasteiger partial charge in [0.25, 0.3) is 0 Å². The van der Waals surface area contributed by atoms with Crippen LogP contribution in [-0.4, -0.2) is 23.1 Å². The molecule has 0 amide bonds. The van der Waals surface area contributed by atoms with Crippen molar-refractivity contribution >= 4 is 17.2 Å². The fraction of sp³-hybridized carbons (Fsp3) is 0.211. The number of nitrogens with zero attached hydrogens (tertiary/aromatic N) is 1. The maximum absolute atomic E-state index is 11.6. The van der Waals surface area contributed by atoms with Gasteiger partial charge in [0.1, 0.15) is 0 Å². The molecule has 0 aliphatic heterocycles. The molecule has 0 radical (unpaired) electrons. The van der Waals surface area contributed by atoms with E-state index in [2.05, 4.69) is 0 Å². The van der Waals surface area contributed by atoms with E-state index >= 15 is 0 Å². The third-order valence-electron chi connectivity index (χ3n) is 4.25. The van der Waals surface area contributed by atoms with E-state index in [9.17, 15) is 9.90 Å². The van der Waals surface area contributed by atoms with Gasteiger partial charge in [0.2, 0.25) is 0 Å². The lowest BCUT2D eigenvalue weighted by atomic mass is 10.0. The van der Waals surface area contributed by atoms with Crippen LogP contribution in [0.1, 0.15) is 22.8 Å². The number of hydrogen-bond acceptors (Lipinski definition) is 3. The summed E-state index contributed by atoms with van der Waals surface area (Å²) < 4.78 is 7.26. The molecule has 3 rings (SSSR count). The summed E-state index contributed by atoms with van der Waals surface area (Å²) in [6.45, 7) is 4.67. The molecule has 0 fully saturated rings.